The Morgan fingerprint density at radius 3 is 2.57 bits per heavy atom. The van der Waals surface area contributed by atoms with Gasteiger partial charge in [-0.15, -0.1) is 11.3 Å². The number of carbonyl (C=O) groups is 2. The molecule has 1 N–H and O–H groups in total. The number of nitrogens with one attached hydrogen (secondary N) is 1. The molecule has 184 valence electrons. The van der Waals surface area contributed by atoms with E-state index in [0.29, 0.717) is 19.7 Å². The van der Waals surface area contributed by atoms with Crippen LogP contribution in [-0.4, -0.2) is 48.0 Å². The molecule has 6 nitrogen and oxygen atoms in total. The first-order valence-electron chi connectivity index (χ1n) is 12.1. The van der Waals surface area contributed by atoms with Crippen LogP contribution in [0.3, 0.4) is 0 Å². The zero-order valence-corrected chi connectivity index (χ0v) is 21.4. The molecule has 0 bridgehead atoms. The number of aryl methyl sites for hydroxylation is 1. The second kappa shape index (κ2) is 11.4. The van der Waals surface area contributed by atoms with Gasteiger partial charge >= 0.3 is 6.03 Å². The van der Waals surface area contributed by atoms with Crippen LogP contribution in [0.1, 0.15) is 35.9 Å². The van der Waals surface area contributed by atoms with Crippen LogP contribution in [0.25, 0.3) is 0 Å². The third-order valence-electron chi connectivity index (χ3n) is 6.07. The number of rotatable bonds is 8. The topological polar surface area (TPSA) is 61.9 Å². The Morgan fingerprint density at radius 1 is 1.11 bits per heavy atom. The smallest absolute Gasteiger partial charge is 0.322 e. The average molecular weight is 492 g/mol. The number of hydrogen-bond acceptors (Lipinski definition) is 4. The van der Waals surface area contributed by atoms with Crippen molar-refractivity contribution in [1.82, 2.24) is 9.80 Å². The quantitative estimate of drug-likeness (QED) is 0.436. The number of thiophene rings is 1. The fourth-order valence-corrected chi connectivity index (χ4v) is 5.25. The van der Waals surface area contributed by atoms with Crippen LogP contribution in [0.5, 0.6) is 5.75 Å². The maximum Gasteiger partial charge on any atom is 0.322 e. The summed E-state index contributed by atoms with van der Waals surface area (Å²) in [6.45, 7) is 7.61. The van der Waals surface area contributed by atoms with E-state index in [1.165, 1.54) is 4.88 Å². The number of para-hydroxylation sites is 1. The largest absolute Gasteiger partial charge is 0.491 e. The van der Waals surface area contributed by atoms with E-state index in [0.717, 1.165) is 29.0 Å². The molecule has 1 aliphatic heterocycles. The molecule has 1 aromatic heterocycles. The second-order valence-corrected chi connectivity index (χ2v) is 10.3. The van der Waals surface area contributed by atoms with Crippen molar-refractivity contribution in [2.75, 3.05) is 31.6 Å². The maximum atomic E-state index is 13.6. The van der Waals surface area contributed by atoms with Gasteiger partial charge in [-0.05, 0) is 60.5 Å². The highest BCUT2D eigenvalue weighted by atomic mass is 32.1. The van der Waals surface area contributed by atoms with Gasteiger partial charge in [-0.3, -0.25) is 4.79 Å². The van der Waals surface area contributed by atoms with Crippen LogP contribution in [0.15, 0.2) is 66.0 Å². The minimum atomic E-state index is -0.263. The third kappa shape index (κ3) is 6.42. The lowest BCUT2D eigenvalue weighted by Gasteiger charge is -2.37. The van der Waals surface area contributed by atoms with E-state index in [9.17, 15) is 9.59 Å². The highest BCUT2D eigenvalue weighted by Gasteiger charge is 2.33. The normalized spacial score (nSPS) is 15.0. The number of ether oxygens (including phenoxy) is 1. The monoisotopic (exact) mass is 491 g/mol. The number of amides is 3. The summed E-state index contributed by atoms with van der Waals surface area (Å²) in [6, 6.07) is 19.0. The molecule has 0 aliphatic carbocycles. The van der Waals surface area contributed by atoms with Crippen molar-refractivity contribution in [1.29, 1.82) is 0 Å². The van der Waals surface area contributed by atoms with Gasteiger partial charge < -0.3 is 19.9 Å². The number of carbonyl (C=O) groups excluding carboxylic acids is 2. The summed E-state index contributed by atoms with van der Waals surface area (Å²) in [5, 5.41) is 5.02. The van der Waals surface area contributed by atoms with E-state index in [2.05, 4.69) is 16.8 Å². The van der Waals surface area contributed by atoms with Gasteiger partial charge in [0.15, 0.2) is 0 Å². The van der Waals surface area contributed by atoms with Crippen molar-refractivity contribution in [2.24, 2.45) is 5.92 Å². The molecular weight excluding hydrogens is 458 g/mol. The molecule has 3 amide bonds. The minimum Gasteiger partial charge on any atom is -0.491 e. The van der Waals surface area contributed by atoms with E-state index >= 15 is 0 Å². The molecule has 0 spiro atoms. The summed E-state index contributed by atoms with van der Waals surface area (Å²) in [5.41, 5.74) is 2.99. The molecule has 3 aromatic rings. The van der Waals surface area contributed by atoms with Crippen LogP contribution in [0, 0.1) is 12.8 Å². The molecule has 0 saturated heterocycles. The van der Waals surface area contributed by atoms with Gasteiger partial charge in [0.05, 0.1) is 6.04 Å². The zero-order valence-electron chi connectivity index (χ0n) is 20.6. The van der Waals surface area contributed by atoms with Gasteiger partial charge in [-0.25, -0.2) is 4.79 Å². The highest BCUT2D eigenvalue weighted by molar-refractivity contribution is 7.10. The molecule has 7 heteroatoms. The summed E-state index contributed by atoms with van der Waals surface area (Å²) in [4.78, 5) is 31.5. The van der Waals surface area contributed by atoms with Gasteiger partial charge in [0.1, 0.15) is 18.9 Å². The lowest BCUT2D eigenvalue weighted by molar-refractivity contribution is -0.135. The van der Waals surface area contributed by atoms with E-state index < -0.39 is 0 Å². The Hall–Kier alpha value is -3.32. The van der Waals surface area contributed by atoms with Gasteiger partial charge in [0.25, 0.3) is 0 Å². The molecule has 2 aromatic carbocycles. The van der Waals surface area contributed by atoms with E-state index in [-0.39, 0.29) is 30.4 Å². The van der Waals surface area contributed by atoms with E-state index in [1.54, 1.807) is 16.2 Å². The predicted octanol–water partition coefficient (Wildman–Crippen LogP) is 5.75. The molecule has 2 heterocycles. The average Bonchev–Trinajstić information content (AvgIpc) is 3.33. The zero-order chi connectivity index (χ0) is 24.8. The van der Waals surface area contributed by atoms with Gasteiger partial charge in [0, 0.05) is 23.7 Å². The molecule has 35 heavy (non-hydrogen) atoms. The number of fused-ring (bicyclic) bond motifs is 1. The SMILES string of the molecule is Cc1ccc(NC(=O)N(CC(=O)N2CCc3sccc3[C@@H]2COc2ccccc2)CC(C)C)cc1. The molecular formula is C28H33N3O3S. The van der Waals surface area contributed by atoms with Crippen molar-refractivity contribution < 1.29 is 14.3 Å². The summed E-state index contributed by atoms with van der Waals surface area (Å²) < 4.78 is 6.08. The molecule has 0 saturated carbocycles. The summed E-state index contributed by atoms with van der Waals surface area (Å²) in [7, 11) is 0. The Bertz CT molecular complexity index is 1130. The molecule has 1 aliphatic rings. The number of anilines is 1. The lowest BCUT2D eigenvalue weighted by Crippen LogP contribution is -2.49. The van der Waals surface area contributed by atoms with Crippen molar-refractivity contribution in [3.63, 3.8) is 0 Å². The lowest BCUT2D eigenvalue weighted by atomic mass is 10.0. The Kier molecular flexibility index (Phi) is 8.08. The van der Waals surface area contributed by atoms with Crippen molar-refractivity contribution in [2.45, 2.75) is 33.2 Å². The summed E-state index contributed by atoms with van der Waals surface area (Å²) in [5.74, 6) is 0.943. The highest BCUT2D eigenvalue weighted by Crippen LogP contribution is 2.34. The first kappa shape index (κ1) is 24.8. The minimum absolute atomic E-state index is 0.0250. The van der Waals surface area contributed by atoms with Crippen molar-refractivity contribution >= 4 is 29.0 Å². The number of benzene rings is 2. The fraction of sp³-hybridized carbons (Fsp3) is 0.357. The van der Waals surface area contributed by atoms with E-state index in [1.807, 2.05) is 80.3 Å². The second-order valence-electron chi connectivity index (χ2n) is 9.35. The van der Waals surface area contributed by atoms with Crippen LogP contribution < -0.4 is 10.1 Å². The van der Waals surface area contributed by atoms with Crippen LogP contribution in [0.2, 0.25) is 0 Å². The molecule has 0 radical (unpaired) electrons. The molecule has 1 atom stereocenters. The number of nitrogens with zero attached hydrogens (tertiary/aromatic N) is 2. The first-order chi connectivity index (χ1) is 16.9. The van der Waals surface area contributed by atoms with Gasteiger partial charge in [-0.1, -0.05) is 49.7 Å². The predicted molar refractivity (Wildman–Crippen MR) is 141 cm³/mol. The molecule has 0 fully saturated rings. The van der Waals surface area contributed by atoms with Crippen LogP contribution in [-0.2, 0) is 11.2 Å². The van der Waals surface area contributed by atoms with E-state index in [4.69, 9.17) is 4.74 Å². The van der Waals surface area contributed by atoms with Crippen LogP contribution >= 0.6 is 11.3 Å². The maximum absolute atomic E-state index is 13.6. The van der Waals surface area contributed by atoms with Crippen LogP contribution in [0.4, 0.5) is 10.5 Å². The number of hydrogen-bond donors (Lipinski definition) is 1. The van der Waals surface area contributed by atoms with Gasteiger partial charge in [0.2, 0.25) is 5.91 Å². The fourth-order valence-electron chi connectivity index (χ4n) is 4.32. The van der Waals surface area contributed by atoms with Crippen molar-refractivity contribution in [3.05, 3.63) is 82.0 Å². The van der Waals surface area contributed by atoms with Crippen molar-refractivity contribution in [3.8, 4) is 5.75 Å². The Labute approximate surface area is 211 Å². The Morgan fingerprint density at radius 2 is 1.86 bits per heavy atom. The summed E-state index contributed by atoms with van der Waals surface area (Å²) >= 11 is 1.73. The van der Waals surface area contributed by atoms with Gasteiger partial charge in [-0.2, -0.15) is 0 Å². The third-order valence-corrected chi connectivity index (χ3v) is 7.06. The standard InChI is InChI=1S/C28H33N3O3S/c1-20(2)17-30(28(33)29-22-11-9-21(3)10-12-22)18-27(32)31-15-13-26-24(14-16-35-26)25(31)19-34-23-7-5-4-6-8-23/h4-12,14,16,20,25H,13,15,17-19H2,1-3H3,(H,29,33)/t25-/m0/s1. The first-order valence-corrected chi connectivity index (χ1v) is 12.9. The Balaban J connectivity index is 1.48. The molecule has 0 unspecified atom stereocenters. The number of urea groups is 1. The summed E-state index contributed by atoms with van der Waals surface area (Å²) in [6.07, 6.45) is 0.820. The molecule has 4 rings (SSSR count).